The maximum absolute atomic E-state index is 5.44. The topological polar surface area (TPSA) is 30.9 Å². The fourth-order valence-electron chi connectivity index (χ4n) is 2.77. The SMILES string of the molecule is COc1ccc(CN(Cc2ccc(OC)cc2)C2=COCC2)cc1. The van der Waals surface area contributed by atoms with Crippen molar-refractivity contribution in [2.24, 2.45) is 0 Å². The van der Waals surface area contributed by atoms with Gasteiger partial charge in [0.1, 0.15) is 17.8 Å². The van der Waals surface area contributed by atoms with E-state index in [0.717, 1.165) is 37.6 Å². The Morgan fingerprint density at radius 3 is 1.71 bits per heavy atom. The summed E-state index contributed by atoms with van der Waals surface area (Å²) in [6, 6.07) is 16.4. The third-order valence-corrected chi connectivity index (χ3v) is 4.17. The lowest BCUT2D eigenvalue weighted by atomic mass is 10.1. The van der Waals surface area contributed by atoms with Crippen LogP contribution in [-0.2, 0) is 17.8 Å². The zero-order chi connectivity index (χ0) is 16.8. The van der Waals surface area contributed by atoms with Gasteiger partial charge in [-0.25, -0.2) is 0 Å². The van der Waals surface area contributed by atoms with Crippen LogP contribution in [0.15, 0.2) is 60.5 Å². The summed E-state index contributed by atoms with van der Waals surface area (Å²) in [5.74, 6) is 1.76. The lowest BCUT2D eigenvalue weighted by Crippen LogP contribution is -2.21. The van der Waals surface area contributed by atoms with E-state index in [1.807, 2.05) is 30.5 Å². The number of benzene rings is 2. The average molecular weight is 325 g/mol. The van der Waals surface area contributed by atoms with Crippen LogP contribution in [0, 0.1) is 0 Å². The number of hydrogen-bond donors (Lipinski definition) is 0. The van der Waals surface area contributed by atoms with Crippen LogP contribution in [0.1, 0.15) is 17.5 Å². The second kappa shape index (κ2) is 7.77. The summed E-state index contributed by atoms with van der Waals surface area (Å²) in [6.07, 6.45) is 2.83. The first-order chi connectivity index (χ1) is 11.8. The lowest BCUT2D eigenvalue weighted by Gasteiger charge is -2.25. The van der Waals surface area contributed by atoms with Crippen molar-refractivity contribution in [3.63, 3.8) is 0 Å². The monoisotopic (exact) mass is 325 g/mol. The van der Waals surface area contributed by atoms with E-state index in [1.54, 1.807) is 14.2 Å². The standard InChI is InChI=1S/C20H23NO3/c1-22-19-7-3-16(4-8-19)13-21(18-11-12-24-15-18)14-17-5-9-20(23-2)10-6-17/h3-10,15H,11-14H2,1-2H3. The molecule has 0 saturated heterocycles. The maximum atomic E-state index is 5.44. The number of hydrogen-bond acceptors (Lipinski definition) is 4. The predicted molar refractivity (Wildman–Crippen MR) is 93.9 cm³/mol. The molecule has 0 saturated carbocycles. The summed E-state index contributed by atoms with van der Waals surface area (Å²) < 4.78 is 15.9. The Bertz CT molecular complexity index is 628. The van der Waals surface area contributed by atoms with Gasteiger partial charge in [0.15, 0.2) is 0 Å². The van der Waals surface area contributed by atoms with Gasteiger partial charge in [-0.2, -0.15) is 0 Å². The summed E-state index contributed by atoms with van der Waals surface area (Å²) in [4.78, 5) is 2.36. The molecule has 0 fully saturated rings. The van der Waals surface area contributed by atoms with Crippen molar-refractivity contribution in [1.82, 2.24) is 4.90 Å². The number of ether oxygens (including phenoxy) is 3. The van der Waals surface area contributed by atoms with Gasteiger partial charge < -0.3 is 19.1 Å². The van der Waals surface area contributed by atoms with Crippen LogP contribution in [-0.4, -0.2) is 25.7 Å². The number of nitrogens with zero attached hydrogens (tertiary/aromatic N) is 1. The minimum Gasteiger partial charge on any atom is -0.499 e. The fraction of sp³-hybridized carbons (Fsp3) is 0.300. The highest BCUT2D eigenvalue weighted by molar-refractivity contribution is 5.29. The molecule has 0 radical (unpaired) electrons. The second-order valence-corrected chi connectivity index (χ2v) is 5.78. The van der Waals surface area contributed by atoms with Crippen LogP contribution in [0.2, 0.25) is 0 Å². The largest absolute Gasteiger partial charge is 0.499 e. The molecule has 4 heteroatoms. The minimum atomic E-state index is 0.761. The van der Waals surface area contributed by atoms with Crippen molar-refractivity contribution in [2.75, 3.05) is 20.8 Å². The molecule has 0 spiro atoms. The van der Waals surface area contributed by atoms with Crippen LogP contribution in [0.3, 0.4) is 0 Å². The molecule has 0 N–H and O–H groups in total. The molecule has 2 aromatic rings. The van der Waals surface area contributed by atoms with E-state index in [2.05, 4.69) is 29.2 Å². The van der Waals surface area contributed by atoms with E-state index < -0.39 is 0 Å². The van der Waals surface area contributed by atoms with Crippen LogP contribution >= 0.6 is 0 Å². The zero-order valence-corrected chi connectivity index (χ0v) is 14.2. The van der Waals surface area contributed by atoms with Gasteiger partial charge in [0, 0.05) is 19.5 Å². The van der Waals surface area contributed by atoms with Gasteiger partial charge in [-0.1, -0.05) is 24.3 Å². The zero-order valence-electron chi connectivity index (χ0n) is 14.2. The molecule has 2 aromatic carbocycles. The Hall–Kier alpha value is -2.62. The van der Waals surface area contributed by atoms with Crippen molar-refractivity contribution in [3.8, 4) is 11.5 Å². The van der Waals surface area contributed by atoms with Gasteiger partial charge >= 0.3 is 0 Å². The van der Waals surface area contributed by atoms with Gasteiger partial charge in [-0.15, -0.1) is 0 Å². The number of methoxy groups -OCH3 is 2. The molecule has 0 atom stereocenters. The van der Waals surface area contributed by atoms with E-state index >= 15 is 0 Å². The second-order valence-electron chi connectivity index (χ2n) is 5.78. The van der Waals surface area contributed by atoms with E-state index in [1.165, 1.54) is 16.8 Å². The molecule has 4 nitrogen and oxygen atoms in total. The molecule has 1 aliphatic rings. The molecular weight excluding hydrogens is 302 g/mol. The van der Waals surface area contributed by atoms with Gasteiger partial charge in [0.05, 0.1) is 26.5 Å². The molecular formula is C20H23NO3. The average Bonchev–Trinajstić information content (AvgIpc) is 3.17. The van der Waals surface area contributed by atoms with Crippen LogP contribution in [0.5, 0.6) is 11.5 Å². The minimum absolute atomic E-state index is 0.761. The fourth-order valence-corrected chi connectivity index (χ4v) is 2.77. The molecule has 3 rings (SSSR count). The maximum Gasteiger partial charge on any atom is 0.118 e. The molecule has 0 aromatic heterocycles. The quantitative estimate of drug-likeness (QED) is 0.771. The van der Waals surface area contributed by atoms with Gasteiger partial charge in [0.2, 0.25) is 0 Å². The van der Waals surface area contributed by atoms with Gasteiger partial charge in [0.25, 0.3) is 0 Å². The van der Waals surface area contributed by atoms with E-state index in [4.69, 9.17) is 14.2 Å². The normalized spacial score (nSPS) is 13.2. The Balaban J connectivity index is 1.74. The summed E-state index contributed by atoms with van der Waals surface area (Å²) in [5, 5.41) is 0. The summed E-state index contributed by atoms with van der Waals surface area (Å²) in [6.45, 7) is 2.44. The molecule has 1 heterocycles. The molecule has 0 amide bonds. The summed E-state index contributed by atoms with van der Waals surface area (Å²) in [7, 11) is 3.37. The first kappa shape index (κ1) is 16.2. The Morgan fingerprint density at radius 2 is 1.33 bits per heavy atom. The van der Waals surface area contributed by atoms with E-state index in [-0.39, 0.29) is 0 Å². The van der Waals surface area contributed by atoms with E-state index in [0.29, 0.717) is 0 Å². The Labute approximate surface area is 143 Å². The third kappa shape index (κ3) is 4.02. The predicted octanol–water partition coefficient (Wildman–Crippen LogP) is 3.97. The Morgan fingerprint density at radius 1 is 0.833 bits per heavy atom. The summed E-state index contributed by atoms with van der Waals surface area (Å²) in [5.41, 5.74) is 3.73. The van der Waals surface area contributed by atoms with Crippen molar-refractivity contribution in [1.29, 1.82) is 0 Å². The van der Waals surface area contributed by atoms with Crippen molar-refractivity contribution >= 4 is 0 Å². The Kier molecular flexibility index (Phi) is 5.26. The van der Waals surface area contributed by atoms with Crippen molar-refractivity contribution in [3.05, 3.63) is 71.6 Å². The molecule has 126 valence electrons. The highest BCUT2D eigenvalue weighted by atomic mass is 16.5. The summed E-state index contributed by atoms with van der Waals surface area (Å²) >= 11 is 0. The van der Waals surface area contributed by atoms with Crippen molar-refractivity contribution in [2.45, 2.75) is 19.5 Å². The molecule has 1 aliphatic heterocycles. The van der Waals surface area contributed by atoms with Crippen molar-refractivity contribution < 1.29 is 14.2 Å². The molecule has 0 bridgehead atoms. The lowest BCUT2D eigenvalue weighted by molar-refractivity contribution is 0.281. The van der Waals surface area contributed by atoms with Gasteiger partial charge in [-0.05, 0) is 35.4 Å². The van der Waals surface area contributed by atoms with Gasteiger partial charge in [-0.3, -0.25) is 0 Å². The van der Waals surface area contributed by atoms with Crippen LogP contribution < -0.4 is 9.47 Å². The first-order valence-corrected chi connectivity index (χ1v) is 8.10. The van der Waals surface area contributed by atoms with Crippen LogP contribution in [0.4, 0.5) is 0 Å². The number of rotatable bonds is 7. The molecule has 0 aliphatic carbocycles. The van der Waals surface area contributed by atoms with Crippen LogP contribution in [0.25, 0.3) is 0 Å². The van der Waals surface area contributed by atoms with E-state index in [9.17, 15) is 0 Å². The third-order valence-electron chi connectivity index (χ3n) is 4.17. The highest BCUT2D eigenvalue weighted by Gasteiger charge is 2.15. The smallest absolute Gasteiger partial charge is 0.118 e. The highest BCUT2D eigenvalue weighted by Crippen LogP contribution is 2.23. The molecule has 0 unspecified atom stereocenters. The first-order valence-electron chi connectivity index (χ1n) is 8.10. The molecule has 24 heavy (non-hydrogen) atoms.